The van der Waals surface area contributed by atoms with Crippen molar-refractivity contribution in [1.29, 1.82) is 0 Å². The van der Waals surface area contributed by atoms with Crippen LogP contribution in [0.2, 0.25) is 0 Å². The Morgan fingerprint density at radius 1 is 1.25 bits per heavy atom. The van der Waals surface area contributed by atoms with Crippen LogP contribution in [0.3, 0.4) is 0 Å². The van der Waals surface area contributed by atoms with Crippen LogP contribution in [-0.2, 0) is 9.84 Å². The lowest BCUT2D eigenvalue weighted by molar-refractivity contribution is 0.0583. The highest BCUT2D eigenvalue weighted by molar-refractivity contribution is 8.01. The maximum atomic E-state index is 12.3. The molecule has 1 heterocycles. The maximum Gasteiger partial charge on any atom is 0.166 e. The largest absolute Gasteiger partial charge is 0.314 e. The van der Waals surface area contributed by atoms with Gasteiger partial charge in [0.05, 0.1) is 0 Å². The zero-order valence-corrected chi connectivity index (χ0v) is 13.9. The Hall–Kier alpha value is 0.220. The van der Waals surface area contributed by atoms with Crippen LogP contribution in [0.5, 0.6) is 0 Å². The van der Waals surface area contributed by atoms with E-state index in [9.17, 15) is 8.42 Å². The number of hydrogen-bond acceptors (Lipinski definition) is 5. The van der Waals surface area contributed by atoms with E-state index >= 15 is 0 Å². The molecular weight excluding hydrogens is 292 g/mol. The molecule has 3 unspecified atom stereocenters. The van der Waals surface area contributed by atoms with Gasteiger partial charge in [-0.2, -0.15) is 11.8 Å². The molecule has 1 N–H and O–H groups in total. The van der Waals surface area contributed by atoms with Crippen molar-refractivity contribution in [2.24, 2.45) is 5.92 Å². The lowest BCUT2D eigenvalue weighted by Crippen LogP contribution is -2.59. The quantitative estimate of drug-likeness (QED) is 0.800. The average molecular weight is 319 g/mol. The van der Waals surface area contributed by atoms with Crippen LogP contribution in [0.4, 0.5) is 0 Å². The van der Waals surface area contributed by atoms with Gasteiger partial charge in [0.2, 0.25) is 0 Å². The Morgan fingerprint density at radius 2 is 2.05 bits per heavy atom. The summed E-state index contributed by atoms with van der Waals surface area (Å²) in [4.78, 5) is 2.32. The summed E-state index contributed by atoms with van der Waals surface area (Å²) in [6.07, 6.45) is 5.08. The molecule has 2 aliphatic carbocycles. The van der Waals surface area contributed by atoms with Crippen molar-refractivity contribution in [1.82, 2.24) is 10.2 Å². The van der Waals surface area contributed by atoms with E-state index < -0.39 is 9.84 Å². The molecule has 3 rings (SSSR count). The second kappa shape index (κ2) is 6.15. The van der Waals surface area contributed by atoms with Gasteiger partial charge in [-0.3, -0.25) is 4.90 Å². The zero-order valence-electron chi connectivity index (χ0n) is 12.3. The molecule has 4 nitrogen and oxygen atoms in total. The molecule has 20 heavy (non-hydrogen) atoms. The first-order valence-electron chi connectivity index (χ1n) is 7.90. The predicted molar refractivity (Wildman–Crippen MR) is 84.8 cm³/mol. The van der Waals surface area contributed by atoms with E-state index in [0.717, 1.165) is 30.6 Å². The second-order valence-corrected chi connectivity index (χ2v) is 9.90. The molecule has 1 aliphatic heterocycles. The molecule has 0 spiro atoms. The normalized spacial score (nSPS) is 35.8. The van der Waals surface area contributed by atoms with E-state index in [1.807, 2.05) is 0 Å². The number of rotatable bonds is 6. The first-order chi connectivity index (χ1) is 9.62. The van der Waals surface area contributed by atoms with Gasteiger partial charge in [-0.05, 0) is 38.1 Å². The second-order valence-electron chi connectivity index (χ2n) is 6.31. The molecule has 1 saturated heterocycles. The van der Waals surface area contributed by atoms with Gasteiger partial charge in [0.25, 0.3) is 0 Å². The van der Waals surface area contributed by atoms with Crippen molar-refractivity contribution in [2.45, 2.75) is 50.1 Å². The highest BCUT2D eigenvalue weighted by atomic mass is 32.2. The van der Waals surface area contributed by atoms with E-state index in [1.54, 1.807) is 18.7 Å². The number of thioether (sulfide) groups is 1. The summed E-state index contributed by atoms with van der Waals surface area (Å²) in [5.74, 6) is 2.77. The summed E-state index contributed by atoms with van der Waals surface area (Å²) in [6, 6.07) is 1.25. The Bertz CT molecular complexity index is 436. The van der Waals surface area contributed by atoms with E-state index in [2.05, 4.69) is 10.2 Å². The van der Waals surface area contributed by atoms with E-state index in [-0.39, 0.29) is 11.1 Å². The van der Waals surface area contributed by atoms with Crippen molar-refractivity contribution in [3.63, 3.8) is 0 Å². The highest BCUT2D eigenvalue weighted by Gasteiger charge is 2.43. The molecule has 0 amide bonds. The Morgan fingerprint density at radius 3 is 2.65 bits per heavy atom. The maximum absolute atomic E-state index is 12.3. The third-order valence-electron chi connectivity index (χ3n) is 4.99. The zero-order chi connectivity index (χ0) is 14.2. The molecule has 0 aromatic heterocycles. The van der Waals surface area contributed by atoms with Gasteiger partial charge in [-0.1, -0.05) is 6.92 Å². The molecule has 3 aliphatic rings. The topological polar surface area (TPSA) is 49.4 Å². The fourth-order valence-electron chi connectivity index (χ4n) is 3.31. The van der Waals surface area contributed by atoms with E-state index in [1.165, 1.54) is 25.7 Å². The summed E-state index contributed by atoms with van der Waals surface area (Å²) in [5, 5.41) is 3.38. The van der Waals surface area contributed by atoms with E-state index in [4.69, 9.17) is 0 Å². The number of nitrogens with zero attached hydrogens (tertiary/aromatic N) is 1. The fourth-order valence-corrected chi connectivity index (χ4v) is 6.38. The lowest BCUT2D eigenvalue weighted by atomic mass is 9.78. The summed E-state index contributed by atoms with van der Waals surface area (Å²) < 4.78 is 24.6. The average Bonchev–Trinajstić information content (AvgIpc) is 3.22. The predicted octanol–water partition coefficient (Wildman–Crippen LogP) is 1.33. The molecule has 6 heteroatoms. The monoisotopic (exact) mass is 318 g/mol. The molecular formula is C14H26N2O2S2. The highest BCUT2D eigenvalue weighted by Crippen LogP contribution is 2.37. The van der Waals surface area contributed by atoms with Crippen molar-refractivity contribution in [3.05, 3.63) is 0 Å². The van der Waals surface area contributed by atoms with Crippen molar-refractivity contribution in [3.8, 4) is 0 Å². The Kier molecular flexibility index (Phi) is 4.65. The molecule has 3 fully saturated rings. The van der Waals surface area contributed by atoms with Crippen LogP contribution >= 0.6 is 11.8 Å². The molecule has 0 radical (unpaired) electrons. The van der Waals surface area contributed by atoms with Crippen LogP contribution in [0.15, 0.2) is 0 Å². The van der Waals surface area contributed by atoms with Crippen molar-refractivity contribution >= 4 is 21.6 Å². The number of sulfone groups is 1. The lowest BCUT2D eigenvalue weighted by Gasteiger charge is -2.49. The van der Waals surface area contributed by atoms with Crippen LogP contribution < -0.4 is 5.32 Å². The van der Waals surface area contributed by atoms with Crippen LogP contribution in [0, 0.1) is 5.92 Å². The Balaban J connectivity index is 1.63. The first-order valence-corrected chi connectivity index (χ1v) is 10.8. The van der Waals surface area contributed by atoms with Crippen LogP contribution in [-0.4, -0.2) is 61.1 Å². The van der Waals surface area contributed by atoms with Crippen molar-refractivity contribution < 1.29 is 8.42 Å². The number of hydrogen-bond donors (Lipinski definition) is 1. The van der Waals surface area contributed by atoms with Crippen LogP contribution in [0.1, 0.15) is 32.6 Å². The summed E-state index contributed by atoms with van der Waals surface area (Å²) >= 11 is 1.79. The minimum absolute atomic E-state index is 0.236. The third kappa shape index (κ3) is 3.18. The van der Waals surface area contributed by atoms with Gasteiger partial charge in [-0.25, -0.2) is 8.42 Å². The minimum Gasteiger partial charge on any atom is -0.314 e. The molecule has 116 valence electrons. The van der Waals surface area contributed by atoms with Gasteiger partial charge in [0.15, 0.2) is 9.84 Å². The van der Waals surface area contributed by atoms with Gasteiger partial charge >= 0.3 is 0 Å². The number of nitrogens with one attached hydrogen (secondary N) is 1. The Labute approximate surface area is 127 Å². The molecule has 0 aromatic rings. The molecule has 0 bridgehead atoms. The molecule has 0 aromatic carbocycles. The van der Waals surface area contributed by atoms with Crippen LogP contribution in [0.25, 0.3) is 0 Å². The van der Waals surface area contributed by atoms with Gasteiger partial charge in [0.1, 0.15) is 5.37 Å². The molecule has 3 atom stereocenters. The third-order valence-corrected chi connectivity index (χ3v) is 8.30. The minimum atomic E-state index is -2.95. The van der Waals surface area contributed by atoms with E-state index in [0.29, 0.717) is 12.0 Å². The standard InChI is InChI=1S/C14H26N2O2S2/c1-2-20(17,18)14-10-19-8-7-16(14)13-6-3-11(13)9-15-12-4-5-12/h11-15H,2-10H2,1H3. The smallest absolute Gasteiger partial charge is 0.166 e. The fraction of sp³-hybridized carbons (Fsp3) is 1.00. The first kappa shape index (κ1) is 15.1. The van der Waals surface area contributed by atoms with Crippen molar-refractivity contribution in [2.75, 3.05) is 30.3 Å². The van der Waals surface area contributed by atoms with Gasteiger partial charge < -0.3 is 5.32 Å². The summed E-state index contributed by atoms with van der Waals surface area (Å²) in [7, 11) is -2.95. The summed E-state index contributed by atoms with van der Waals surface area (Å²) in [6.45, 7) is 3.80. The molecule has 2 saturated carbocycles. The van der Waals surface area contributed by atoms with Gasteiger partial charge in [-0.15, -0.1) is 0 Å². The SMILES string of the molecule is CCS(=O)(=O)C1CSCCN1C1CCC1CNC1CC1. The van der Waals surface area contributed by atoms with Gasteiger partial charge in [0, 0.05) is 35.9 Å². The summed E-state index contributed by atoms with van der Waals surface area (Å²) in [5.41, 5.74) is 0.